The van der Waals surface area contributed by atoms with Gasteiger partial charge >= 0.3 is 0 Å². The summed E-state index contributed by atoms with van der Waals surface area (Å²) in [6.45, 7) is 0. The van der Waals surface area contributed by atoms with E-state index in [0.717, 1.165) is 11.1 Å². The van der Waals surface area contributed by atoms with E-state index in [-0.39, 0.29) is 22.8 Å². The predicted octanol–water partition coefficient (Wildman–Crippen LogP) is 4.04. The third-order valence-electron chi connectivity index (χ3n) is 4.06. The maximum Gasteiger partial charge on any atom is 0.268 e. The first kappa shape index (κ1) is 18.3. The second-order valence-corrected chi connectivity index (χ2v) is 5.64. The molecule has 1 aromatic heterocycles. The van der Waals surface area contributed by atoms with Gasteiger partial charge in [0, 0.05) is 11.1 Å². The van der Waals surface area contributed by atoms with E-state index in [2.05, 4.69) is 0 Å². The zero-order valence-electron chi connectivity index (χ0n) is 15.1. The van der Waals surface area contributed by atoms with Crippen LogP contribution in [0.5, 0.6) is 17.2 Å². The van der Waals surface area contributed by atoms with E-state index in [4.69, 9.17) is 18.6 Å². The maximum atomic E-state index is 12.7. The Kier molecular flexibility index (Phi) is 5.26. The van der Waals surface area contributed by atoms with Crippen molar-refractivity contribution < 1.29 is 28.2 Å². The summed E-state index contributed by atoms with van der Waals surface area (Å²) in [5, 5.41) is 0. The number of hydrogen-bond acceptors (Lipinski definition) is 6. The average molecular weight is 366 g/mol. The van der Waals surface area contributed by atoms with E-state index < -0.39 is 11.6 Å². The molecule has 0 N–H and O–H groups in total. The summed E-state index contributed by atoms with van der Waals surface area (Å²) in [6, 6.07) is 13.8. The molecule has 2 aromatic carbocycles. The van der Waals surface area contributed by atoms with Gasteiger partial charge in [-0.15, -0.1) is 0 Å². The average Bonchev–Trinajstić information content (AvgIpc) is 3.22. The van der Waals surface area contributed by atoms with Gasteiger partial charge in [0.25, 0.3) is 5.78 Å². The van der Waals surface area contributed by atoms with Crippen molar-refractivity contribution in [2.75, 3.05) is 21.3 Å². The molecule has 0 saturated carbocycles. The number of carbonyl (C=O) groups excluding carboxylic acids is 2. The minimum Gasteiger partial charge on any atom is -0.493 e. The van der Waals surface area contributed by atoms with Gasteiger partial charge < -0.3 is 18.6 Å². The molecule has 0 radical (unpaired) electrons. The quantitative estimate of drug-likeness (QED) is 0.464. The van der Waals surface area contributed by atoms with Gasteiger partial charge in [-0.3, -0.25) is 9.59 Å². The molecule has 3 rings (SSSR count). The first-order valence-electron chi connectivity index (χ1n) is 8.12. The van der Waals surface area contributed by atoms with Crippen molar-refractivity contribution in [2.24, 2.45) is 0 Å². The van der Waals surface area contributed by atoms with Crippen molar-refractivity contribution in [1.29, 1.82) is 0 Å². The van der Waals surface area contributed by atoms with Gasteiger partial charge in [0.2, 0.25) is 11.5 Å². The summed E-state index contributed by atoms with van der Waals surface area (Å²) in [4.78, 5) is 25.3. The number of hydrogen-bond donors (Lipinski definition) is 0. The van der Waals surface area contributed by atoms with Crippen molar-refractivity contribution in [3.8, 4) is 28.4 Å². The molecule has 0 bridgehead atoms. The summed E-state index contributed by atoms with van der Waals surface area (Å²) in [6.07, 6.45) is 1.45. The zero-order chi connectivity index (χ0) is 19.4. The van der Waals surface area contributed by atoms with Gasteiger partial charge in [-0.2, -0.15) is 0 Å². The first-order valence-corrected chi connectivity index (χ1v) is 8.12. The summed E-state index contributed by atoms with van der Waals surface area (Å²) in [7, 11) is 4.33. The first-order chi connectivity index (χ1) is 13.1. The lowest BCUT2D eigenvalue weighted by molar-refractivity contribution is 0.0800. The monoisotopic (exact) mass is 366 g/mol. The topological polar surface area (TPSA) is 75.0 Å². The molecule has 0 atom stereocenters. The zero-order valence-corrected chi connectivity index (χ0v) is 15.1. The van der Waals surface area contributed by atoms with Gasteiger partial charge in [-0.25, -0.2) is 0 Å². The van der Waals surface area contributed by atoms with Crippen molar-refractivity contribution in [1.82, 2.24) is 0 Å². The van der Waals surface area contributed by atoms with Crippen LogP contribution in [0.4, 0.5) is 0 Å². The summed E-state index contributed by atoms with van der Waals surface area (Å²) in [5.74, 6) is -0.606. The summed E-state index contributed by atoms with van der Waals surface area (Å²) < 4.78 is 21.0. The van der Waals surface area contributed by atoms with Crippen molar-refractivity contribution in [3.63, 3.8) is 0 Å². The Bertz CT molecular complexity index is 946. The smallest absolute Gasteiger partial charge is 0.268 e. The number of Topliss-reactive ketones (excluding diaryl/α,β-unsaturated/α-hetero) is 2. The van der Waals surface area contributed by atoms with Crippen LogP contribution in [0.25, 0.3) is 11.1 Å². The molecule has 0 aliphatic carbocycles. The highest BCUT2D eigenvalue weighted by Gasteiger charge is 2.25. The molecule has 0 fully saturated rings. The van der Waals surface area contributed by atoms with Gasteiger partial charge in [0.05, 0.1) is 27.6 Å². The van der Waals surface area contributed by atoms with Gasteiger partial charge in [-0.1, -0.05) is 30.3 Å². The Morgan fingerprint density at radius 1 is 0.778 bits per heavy atom. The van der Waals surface area contributed by atoms with Crippen molar-refractivity contribution in [2.45, 2.75) is 0 Å². The number of ketones is 2. The summed E-state index contributed by atoms with van der Waals surface area (Å²) >= 11 is 0. The third-order valence-corrected chi connectivity index (χ3v) is 4.06. The van der Waals surface area contributed by atoms with Crippen LogP contribution in [-0.2, 0) is 0 Å². The normalized spacial score (nSPS) is 10.3. The molecule has 0 unspecified atom stereocenters. The van der Waals surface area contributed by atoms with Gasteiger partial charge in [0.15, 0.2) is 17.3 Å². The van der Waals surface area contributed by atoms with E-state index >= 15 is 0 Å². The SMILES string of the molecule is COc1cc(C(=O)C(=O)c2cc(-c3ccccc3)co2)cc(OC)c1OC. The second-order valence-electron chi connectivity index (χ2n) is 5.64. The number of ether oxygens (including phenoxy) is 3. The molecule has 0 saturated heterocycles. The molecule has 1 heterocycles. The van der Waals surface area contributed by atoms with Crippen LogP contribution in [0.2, 0.25) is 0 Å². The van der Waals surface area contributed by atoms with E-state index in [1.54, 1.807) is 6.07 Å². The van der Waals surface area contributed by atoms with E-state index in [0.29, 0.717) is 5.75 Å². The molecule has 3 aromatic rings. The van der Waals surface area contributed by atoms with Gasteiger partial charge in [-0.05, 0) is 23.8 Å². The number of rotatable bonds is 7. The van der Waals surface area contributed by atoms with Gasteiger partial charge in [0.1, 0.15) is 0 Å². The van der Waals surface area contributed by atoms with Crippen LogP contribution in [0.3, 0.4) is 0 Å². The van der Waals surface area contributed by atoms with Crippen LogP contribution in [0.1, 0.15) is 20.9 Å². The maximum absolute atomic E-state index is 12.7. The molecule has 0 spiro atoms. The lowest BCUT2D eigenvalue weighted by Crippen LogP contribution is -2.14. The van der Waals surface area contributed by atoms with Crippen LogP contribution in [0.15, 0.2) is 59.2 Å². The highest BCUT2D eigenvalue weighted by molar-refractivity contribution is 6.48. The third kappa shape index (κ3) is 3.55. The fourth-order valence-electron chi connectivity index (χ4n) is 2.69. The second kappa shape index (κ2) is 7.78. The lowest BCUT2D eigenvalue weighted by atomic mass is 10.0. The van der Waals surface area contributed by atoms with Crippen LogP contribution < -0.4 is 14.2 Å². The van der Waals surface area contributed by atoms with E-state index in [1.807, 2.05) is 30.3 Å². The highest BCUT2D eigenvalue weighted by atomic mass is 16.5. The minimum absolute atomic E-state index is 0.0346. The Hall–Kier alpha value is -3.54. The number of carbonyl (C=O) groups is 2. The Morgan fingerprint density at radius 2 is 1.41 bits per heavy atom. The van der Waals surface area contributed by atoms with Crippen molar-refractivity contribution in [3.05, 3.63) is 66.1 Å². The van der Waals surface area contributed by atoms with Crippen LogP contribution >= 0.6 is 0 Å². The molecular formula is C21H18O6. The fraction of sp³-hybridized carbons (Fsp3) is 0.143. The van der Waals surface area contributed by atoms with E-state index in [9.17, 15) is 9.59 Å². The molecular weight excluding hydrogens is 348 g/mol. The van der Waals surface area contributed by atoms with E-state index in [1.165, 1.54) is 39.7 Å². The molecule has 0 aliphatic rings. The number of benzene rings is 2. The molecule has 0 amide bonds. The highest BCUT2D eigenvalue weighted by Crippen LogP contribution is 2.38. The Balaban J connectivity index is 1.92. The largest absolute Gasteiger partial charge is 0.493 e. The Morgan fingerprint density at radius 3 is 1.96 bits per heavy atom. The molecule has 6 heteroatoms. The minimum atomic E-state index is -0.758. The molecule has 0 aliphatic heterocycles. The lowest BCUT2D eigenvalue weighted by Gasteiger charge is -2.13. The van der Waals surface area contributed by atoms with Crippen molar-refractivity contribution >= 4 is 11.6 Å². The summed E-state index contributed by atoms with van der Waals surface area (Å²) in [5.41, 5.74) is 1.73. The predicted molar refractivity (Wildman–Crippen MR) is 98.9 cm³/mol. The number of furan rings is 1. The Labute approximate surface area is 156 Å². The standard InChI is InChI=1S/C21H18O6/c1-24-17-9-14(10-18(25-2)21(17)26-3)19(22)20(23)16-11-15(12-27-16)13-7-5-4-6-8-13/h4-12H,1-3H3. The van der Waals surface area contributed by atoms with Crippen LogP contribution in [0, 0.1) is 0 Å². The fourth-order valence-corrected chi connectivity index (χ4v) is 2.69. The molecule has 138 valence electrons. The number of methoxy groups -OCH3 is 3. The van der Waals surface area contributed by atoms with Crippen LogP contribution in [-0.4, -0.2) is 32.9 Å². The molecule has 27 heavy (non-hydrogen) atoms. The molecule has 6 nitrogen and oxygen atoms in total.